The minimum atomic E-state index is -0.313. The Kier molecular flexibility index (Phi) is 3.02. The molecule has 1 saturated heterocycles. The highest BCUT2D eigenvalue weighted by atomic mass is 16.3. The van der Waals surface area contributed by atoms with Gasteiger partial charge in [-0.15, -0.1) is 0 Å². The second-order valence-electron chi connectivity index (χ2n) is 4.08. The van der Waals surface area contributed by atoms with Crippen molar-refractivity contribution in [2.24, 2.45) is 5.92 Å². The monoisotopic (exact) mass is 218 g/mol. The van der Waals surface area contributed by atoms with Gasteiger partial charge in [0.2, 0.25) is 0 Å². The van der Waals surface area contributed by atoms with Gasteiger partial charge in [0.1, 0.15) is 6.07 Å². The van der Waals surface area contributed by atoms with Gasteiger partial charge in [-0.2, -0.15) is 5.26 Å². The van der Waals surface area contributed by atoms with Crippen molar-refractivity contribution in [3.8, 4) is 6.07 Å². The van der Waals surface area contributed by atoms with Gasteiger partial charge in [-0.1, -0.05) is 0 Å². The molecule has 1 aromatic heterocycles. The zero-order valence-corrected chi connectivity index (χ0v) is 9.17. The Morgan fingerprint density at radius 1 is 1.56 bits per heavy atom. The van der Waals surface area contributed by atoms with Crippen LogP contribution in [0.15, 0.2) is 12.4 Å². The Bertz CT molecular complexity index is 413. The molecule has 2 atom stereocenters. The Balaban J connectivity index is 2.18. The van der Waals surface area contributed by atoms with Gasteiger partial charge in [-0.25, -0.2) is 9.97 Å². The number of hydrogen-bond donors (Lipinski definition) is 1. The van der Waals surface area contributed by atoms with E-state index in [4.69, 9.17) is 5.26 Å². The van der Waals surface area contributed by atoms with E-state index in [-0.39, 0.29) is 12.0 Å². The second-order valence-corrected chi connectivity index (χ2v) is 4.08. The van der Waals surface area contributed by atoms with Crippen molar-refractivity contribution in [3.63, 3.8) is 0 Å². The molecular formula is C11H14N4O. The molecule has 5 nitrogen and oxygen atoms in total. The first-order chi connectivity index (χ1) is 7.72. The van der Waals surface area contributed by atoms with Gasteiger partial charge in [0.25, 0.3) is 0 Å². The van der Waals surface area contributed by atoms with Crippen molar-refractivity contribution in [3.05, 3.63) is 18.1 Å². The van der Waals surface area contributed by atoms with Crippen molar-refractivity contribution >= 4 is 5.82 Å². The third kappa shape index (κ3) is 1.97. The minimum Gasteiger partial charge on any atom is -0.393 e. The molecule has 5 heteroatoms. The van der Waals surface area contributed by atoms with Crippen molar-refractivity contribution < 1.29 is 5.11 Å². The first-order valence-corrected chi connectivity index (χ1v) is 5.36. The van der Waals surface area contributed by atoms with Gasteiger partial charge in [0.05, 0.1) is 6.10 Å². The molecule has 84 valence electrons. The average molecular weight is 218 g/mol. The van der Waals surface area contributed by atoms with Crippen molar-refractivity contribution in [2.75, 3.05) is 18.0 Å². The lowest BCUT2D eigenvalue weighted by Crippen LogP contribution is -2.25. The topological polar surface area (TPSA) is 73.0 Å². The fourth-order valence-corrected chi connectivity index (χ4v) is 2.01. The van der Waals surface area contributed by atoms with Crippen molar-refractivity contribution in [2.45, 2.75) is 19.4 Å². The molecule has 2 heterocycles. The third-order valence-corrected chi connectivity index (χ3v) is 2.99. The molecule has 1 aliphatic rings. The van der Waals surface area contributed by atoms with E-state index in [1.807, 2.05) is 11.0 Å². The summed E-state index contributed by atoms with van der Waals surface area (Å²) in [6.45, 7) is 3.37. The van der Waals surface area contributed by atoms with E-state index in [1.165, 1.54) is 6.20 Å². The van der Waals surface area contributed by atoms with Crippen LogP contribution in [-0.4, -0.2) is 34.3 Å². The van der Waals surface area contributed by atoms with Crippen LogP contribution >= 0.6 is 0 Å². The lowest BCUT2D eigenvalue weighted by molar-refractivity contribution is 0.136. The van der Waals surface area contributed by atoms with Gasteiger partial charge in [0, 0.05) is 31.4 Å². The number of rotatable bonds is 2. The van der Waals surface area contributed by atoms with E-state index in [9.17, 15) is 5.11 Å². The largest absolute Gasteiger partial charge is 0.393 e. The summed E-state index contributed by atoms with van der Waals surface area (Å²) in [7, 11) is 0. The minimum absolute atomic E-state index is 0.258. The van der Waals surface area contributed by atoms with Gasteiger partial charge in [0.15, 0.2) is 11.5 Å². The van der Waals surface area contributed by atoms with Crippen LogP contribution in [0.25, 0.3) is 0 Å². The molecule has 0 aromatic carbocycles. The Hall–Kier alpha value is -1.67. The second kappa shape index (κ2) is 4.45. The summed E-state index contributed by atoms with van der Waals surface area (Å²) in [4.78, 5) is 10.2. The van der Waals surface area contributed by atoms with E-state index in [1.54, 1.807) is 13.1 Å². The fourth-order valence-electron chi connectivity index (χ4n) is 2.01. The van der Waals surface area contributed by atoms with Crippen LogP contribution in [0, 0.1) is 17.2 Å². The number of hydrogen-bond acceptors (Lipinski definition) is 5. The number of aliphatic hydroxyl groups is 1. The molecule has 0 bridgehead atoms. The summed E-state index contributed by atoms with van der Waals surface area (Å²) in [5, 5.41) is 18.4. The van der Waals surface area contributed by atoms with Crippen molar-refractivity contribution in [1.82, 2.24) is 9.97 Å². The zero-order chi connectivity index (χ0) is 11.5. The van der Waals surface area contributed by atoms with Crippen LogP contribution in [0.4, 0.5) is 5.82 Å². The molecule has 2 unspecified atom stereocenters. The molecule has 0 spiro atoms. The number of nitrogens with zero attached hydrogens (tertiary/aromatic N) is 4. The predicted octanol–water partition coefficient (Wildman–Crippen LogP) is 0.555. The molecule has 0 radical (unpaired) electrons. The normalized spacial score (nSPS) is 21.8. The van der Waals surface area contributed by atoms with Crippen molar-refractivity contribution in [1.29, 1.82) is 5.26 Å². The summed E-state index contributed by atoms with van der Waals surface area (Å²) in [6.07, 6.45) is 3.72. The average Bonchev–Trinajstić information content (AvgIpc) is 2.78. The summed E-state index contributed by atoms with van der Waals surface area (Å²) < 4.78 is 0. The molecule has 0 amide bonds. The lowest BCUT2D eigenvalue weighted by atomic mass is 10.0. The number of aromatic nitrogens is 2. The maximum atomic E-state index is 9.52. The zero-order valence-electron chi connectivity index (χ0n) is 9.17. The maximum Gasteiger partial charge on any atom is 0.183 e. The molecular weight excluding hydrogens is 204 g/mol. The molecule has 0 saturated carbocycles. The van der Waals surface area contributed by atoms with Crippen LogP contribution in [0.1, 0.15) is 19.0 Å². The quantitative estimate of drug-likeness (QED) is 0.785. The third-order valence-electron chi connectivity index (χ3n) is 2.99. The number of nitriles is 1. The van der Waals surface area contributed by atoms with Crippen LogP contribution < -0.4 is 4.90 Å². The molecule has 1 N–H and O–H groups in total. The Morgan fingerprint density at radius 2 is 2.31 bits per heavy atom. The van der Waals surface area contributed by atoms with E-state index in [0.717, 1.165) is 19.5 Å². The van der Waals surface area contributed by atoms with Gasteiger partial charge >= 0.3 is 0 Å². The number of aliphatic hydroxyl groups excluding tert-OH is 1. The van der Waals surface area contributed by atoms with E-state index >= 15 is 0 Å². The molecule has 16 heavy (non-hydrogen) atoms. The Labute approximate surface area is 94.4 Å². The van der Waals surface area contributed by atoms with E-state index < -0.39 is 0 Å². The van der Waals surface area contributed by atoms with Crippen LogP contribution in [0.5, 0.6) is 0 Å². The molecule has 1 fully saturated rings. The molecule has 1 aliphatic heterocycles. The predicted molar refractivity (Wildman–Crippen MR) is 58.7 cm³/mol. The smallest absolute Gasteiger partial charge is 0.183 e. The van der Waals surface area contributed by atoms with E-state index in [2.05, 4.69) is 9.97 Å². The highest BCUT2D eigenvalue weighted by Crippen LogP contribution is 2.25. The molecule has 2 rings (SSSR count). The van der Waals surface area contributed by atoms with Gasteiger partial charge in [-0.05, 0) is 13.3 Å². The summed E-state index contributed by atoms with van der Waals surface area (Å²) in [5.41, 5.74) is 0.355. The van der Waals surface area contributed by atoms with Gasteiger partial charge < -0.3 is 10.0 Å². The Morgan fingerprint density at radius 3 is 2.94 bits per heavy atom. The highest BCUT2D eigenvalue weighted by Gasteiger charge is 2.28. The first kappa shape index (κ1) is 10.8. The molecule has 1 aromatic rings. The standard InChI is InChI=1S/C11H14N4O/c1-8(16)9-2-5-15(7-9)11-10(6-12)13-3-4-14-11/h3-4,8-9,16H,2,5,7H2,1H3. The molecule has 0 aliphatic carbocycles. The summed E-state index contributed by atoms with van der Waals surface area (Å²) in [5.74, 6) is 0.890. The fraction of sp³-hybridized carbons (Fsp3) is 0.545. The van der Waals surface area contributed by atoms with E-state index in [0.29, 0.717) is 11.5 Å². The first-order valence-electron chi connectivity index (χ1n) is 5.36. The maximum absolute atomic E-state index is 9.52. The van der Waals surface area contributed by atoms with Crippen LogP contribution in [0.2, 0.25) is 0 Å². The van der Waals surface area contributed by atoms with Gasteiger partial charge in [-0.3, -0.25) is 0 Å². The SMILES string of the molecule is CC(O)C1CCN(c2nccnc2C#N)C1. The summed E-state index contributed by atoms with van der Waals surface area (Å²) >= 11 is 0. The van der Waals surface area contributed by atoms with Crippen LogP contribution in [-0.2, 0) is 0 Å². The lowest BCUT2D eigenvalue weighted by Gasteiger charge is -2.18. The van der Waals surface area contributed by atoms with Crippen LogP contribution in [0.3, 0.4) is 0 Å². The highest BCUT2D eigenvalue weighted by molar-refractivity contribution is 5.50. The summed E-state index contributed by atoms with van der Waals surface area (Å²) in [6, 6.07) is 2.04. The number of anilines is 1.